The van der Waals surface area contributed by atoms with Gasteiger partial charge >= 0.3 is 0 Å². The van der Waals surface area contributed by atoms with Crippen molar-refractivity contribution in [2.24, 2.45) is 0 Å². The summed E-state index contributed by atoms with van der Waals surface area (Å²) in [5.41, 5.74) is 0. The van der Waals surface area contributed by atoms with Crippen LogP contribution in [0.15, 0.2) is 24.3 Å². The van der Waals surface area contributed by atoms with Crippen molar-refractivity contribution in [1.29, 1.82) is 0 Å². The number of aliphatic hydroxyl groups excluding tert-OH is 2. The van der Waals surface area contributed by atoms with E-state index in [0.717, 1.165) is 0 Å². The van der Waals surface area contributed by atoms with Crippen molar-refractivity contribution in [2.75, 3.05) is 19.7 Å². The number of hydrogen-bond donors (Lipinski definition) is 2. The maximum Gasteiger partial charge on any atom is 0.260 e. The fourth-order valence-corrected chi connectivity index (χ4v) is 1.95. The van der Waals surface area contributed by atoms with Gasteiger partial charge in [-0.1, -0.05) is 17.7 Å². The molecule has 1 aliphatic heterocycles. The van der Waals surface area contributed by atoms with Crippen LogP contribution in [-0.2, 0) is 4.79 Å². The van der Waals surface area contributed by atoms with Gasteiger partial charge in [-0.3, -0.25) is 4.79 Å². The van der Waals surface area contributed by atoms with Gasteiger partial charge < -0.3 is 19.8 Å². The molecule has 1 aliphatic rings. The smallest absolute Gasteiger partial charge is 0.260 e. The number of carbonyl (C=O) groups excluding carboxylic acids is 1. The minimum atomic E-state index is -0.875. The first-order chi connectivity index (χ1) is 8.56. The van der Waals surface area contributed by atoms with Crippen LogP contribution in [0.2, 0.25) is 5.02 Å². The molecule has 1 saturated heterocycles. The van der Waals surface area contributed by atoms with Crippen LogP contribution in [0.25, 0.3) is 0 Å². The Hall–Kier alpha value is -1.30. The number of rotatable bonds is 3. The Kier molecular flexibility index (Phi) is 4.06. The molecule has 0 bridgehead atoms. The van der Waals surface area contributed by atoms with E-state index in [-0.39, 0.29) is 25.6 Å². The third-order valence-corrected chi connectivity index (χ3v) is 3.01. The van der Waals surface area contributed by atoms with Gasteiger partial charge in [-0.15, -0.1) is 0 Å². The second kappa shape index (κ2) is 5.56. The van der Waals surface area contributed by atoms with E-state index in [1.165, 1.54) is 4.90 Å². The summed E-state index contributed by atoms with van der Waals surface area (Å²) in [6, 6.07) is 6.75. The number of carbonyl (C=O) groups is 1. The highest BCUT2D eigenvalue weighted by atomic mass is 35.5. The van der Waals surface area contributed by atoms with Crippen molar-refractivity contribution in [3.05, 3.63) is 29.3 Å². The Morgan fingerprint density at radius 3 is 2.67 bits per heavy atom. The molecule has 0 spiro atoms. The Bertz CT molecular complexity index is 430. The number of likely N-dealkylation sites (tertiary alicyclic amines) is 1. The predicted molar refractivity (Wildman–Crippen MR) is 65.5 cm³/mol. The minimum Gasteiger partial charge on any atom is -0.484 e. The number of aliphatic hydroxyl groups is 2. The molecule has 2 rings (SSSR count). The molecule has 1 fully saturated rings. The van der Waals surface area contributed by atoms with Gasteiger partial charge in [0, 0.05) is 18.1 Å². The van der Waals surface area contributed by atoms with E-state index in [4.69, 9.17) is 16.3 Å². The molecule has 6 heteroatoms. The van der Waals surface area contributed by atoms with E-state index in [2.05, 4.69) is 0 Å². The van der Waals surface area contributed by atoms with E-state index < -0.39 is 12.2 Å². The molecule has 0 aromatic heterocycles. The van der Waals surface area contributed by atoms with Crippen LogP contribution in [0.1, 0.15) is 0 Å². The number of ether oxygens (including phenoxy) is 1. The van der Waals surface area contributed by atoms with Crippen LogP contribution in [0.3, 0.4) is 0 Å². The molecule has 2 atom stereocenters. The van der Waals surface area contributed by atoms with Gasteiger partial charge in [0.1, 0.15) is 5.75 Å². The first-order valence-corrected chi connectivity index (χ1v) is 5.96. The Morgan fingerprint density at radius 1 is 1.39 bits per heavy atom. The summed E-state index contributed by atoms with van der Waals surface area (Å²) in [7, 11) is 0. The molecule has 1 aromatic carbocycles. The van der Waals surface area contributed by atoms with E-state index in [9.17, 15) is 15.0 Å². The summed E-state index contributed by atoms with van der Waals surface area (Å²) in [4.78, 5) is 13.1. The highest BCUT2D eigenvalue weighted by Gasteiger charge is 2.32. The van der Waals surface area contributed by atoms with Crippen molar-refractivity contribution in [3.8, 4) is 5.75 Å². The van der Waals surface area contributed by atoms with E-state index in [1.807, 2.05) is 0 Å². The first-order valence-electron chi connectivity index (χ1n) is 5.58. The molecular weight excluding hydrogens is 258 g/mol. The average molecular weight is 272 g/mol. The first kappa shape index (κ1) is 13.1. The Morgan fingerprint density at radius 2 is 2.06 bits per heavy atom. The zero-order valence-electron chi connectivity index (χ0n) is 9.62. The van der Waals surface area contributed by atoms with Crippen LogP contribution < -0.4 is 4.74 Å². The molecule has 2 unspecified atom stereocenters. The van der Waals surface area contributed by atoms with Gasteiger partial charge in [0.05, 0.1) is 12.2 Å². The highest BCUT2D eigenvalue weighted by molar-refractivity contribution is 6.30. The van der Waals surface area contributed by atoms with Crippen LogP contribution in [-0.4, -0.2) is 52.9 Å². The zero-order valence-corrected chi connectivity index (χ0v) is 10.4. The van der Waals surface area contributed by atoms with Gasteiger partial charge in [0.15, 0.2) is 6.61 Å². The number of nitrogens with zero attached hydrogens (tertiary/aromatic N) is 1. The predicted octanol–water partition coefficient (Wildman–Crippen LogP) is 0.283. The van der Waals surface area contributed by atoms with Crippen LogP contribution in [0.4, 0.5) is 0 Å². The van der Waals surface area contributed by atoms with Crippen molar-refractivity contribution >= 4 is 17.5 Å². The van der Waals surface area contributed by atoms with Crippen LogP contribution >= 0.6 is 11.6 Å². The molecular formula is C12H14ClNO4. The van der Waals surface area contributed by atoms with Gasteiger partial charge in [0.2, 0.25) is 0 Å². The largest absolute Gasteiger partial charge is 0.484 e. The quantitative estimate of drug-likeness (QED) is 0.829. The second-order valence-corrected chi connectivity index (χ2v) is 4.62. The molecule has 0 aliphatic carbocycles. The van der Waals surface area contributed by atoms with Crippen molar-refractivity contribution < 1.29 is 19.7 Å². The average Bonchev–Trinajstić information content (AvgIpc) is 2.67. The lowest BCUT2D eigenvalue weighted by Crippen LogP contribution is -2.33. The van der Waals surface area contributed by atoms with Crippen LogP contribution in [0, 0.1) is 0 Å². The maximum atomic E-state index is 11.7. The summed E-state index contributed by atoms with van der Waals surface area (Å²) in [6.45, 7) is 0.137. The monoisotopic (exact) mass is 271 g/mol. The van der Waals surface area contributed by atoms with E-state index in [0.29, 0.717) is 10.8 Å². The SMILES string of the molecule is O=C(COc1cccc(Cl)c1)N1CC(O)C(O)C1. The molecule has 1 heterocycles. The summed E-state index contributed by atoms with van der Waals surface area (Å²) >= 11 is 5.78. The molecule has 1 aromatic rings. The number of amides is 1. The molecule has 1 amide bonds. The molecule has 0 radical (unpaired) electrons. The summed E-state index contributed by atoms with van der Waals surface area (Å²) in [6.07, 6.45) is -1.75. The number of benzene rings is 1. The Balaban J connectivity index is 1.85. The second-order valence-electron chi connectivity index (χ2n) is 4.18. The van der Waals surface area contributed by atoms with Gasteiger partial charge in [-0.2, -0.15) is 0 Å². The number of β-amino-alcohol motifs (C(OH)–C–C–N with tert-alkyl or cyclic N) is 2. The van der Waals surface area contributed by atoms with Gasteiger partial charge in [0.25, 0.3) is 5.91 Å². The lowest BCUT2D eigenvalue weighted by molar-refractivity contribution is -0.132. The third kappa shape index (κ3) is 3.13. The normalized spacial score (nSPS) is 23.2. The van der Waals surface area contributed by atoms with E-state index >= 15 is 0 Å². The van der Waals surface area contributed by atoms with Crippen molar-refractivity contribution in [1.82, 2.24) is 4.90 Å². The highest BCUT2D eigenvalue weighted by Crippen LogP contribution is 2.17. The third-order valence-electron chi connectivity index (χ3n) is 2.77. The summed E-state index contributed by atoms with van der Waals surface area (Å²) < 4.78 is 5.29. The lowest BCUT2D eigenvalue weighted by atomic mass is 10.3. The summed E-state index contributed by atoms with van der Waals surface area (Å²) in [5.74, 6) is 0.238. The van der Waals surface area contributed by atoms with Crippen LogP contribution in [0.5, 0.6) is 5.75 Å². The molecule has 18 heavy (non-hydrogen) atoms. The Labute approximate surface area is 110 Å². The minimum absolute atomic E-state index is 0.138. The number of halogens is 1. The fraction of sp³-hybridized carbons (Fsp3) is 0.417. The van der Waals surface area contributed by atoms with E-state index in [1.54, 1.807) is 24.3 Å². The maximum absolute atomic E-state index is 11.7. The number of hydrogen-bond acceptors (Lipinski definition) is 4. The molecule has 0 saturated carbocycles. The molecule has 98 valence electrons. The molecule has 2 N–H and O–H groups in total. The standard InChI is InChI=1S/C12H14ClNO4/c13-8-2-1-3-9(4-8)18-7-12(17)14-5-10(15)11(16)6-14/h1-4,10-11,15-16H,5-7H2. The van der Waals surface area contributed by atoms with Crippen molar-refractivity contribution in [2.45, 2.75) is 12.2 Å². The van der Waals surface area contributed by atoms with Gasteiger partial charge in [-0.25, -0.2) is 0 Å². The fourth-order valence-electron chi connectivity index (χ4n) is 1.77. The zero-order chi connectivity index (χ0) is 13.1. The van der Waals surface area contributed by atoms with Crippen molar-refractivity contribution in [3.63, 3.8) is 0 Å². The summed E-state index contributed by atoms with van der Waals surface area (Å²) in [5, 5.41) is 19.2. The lowest BCUT2D eigenvalue weighted by Gasteiger charge is -2.15. The topological polar surface area (TPSA) is 70.0 Å². The van der Waals surface area contributed by atoms with Gasteiger partial charge in [-0.05, 0) is 18.2 Å². The molecule has 5 nitrogen and oxygen atoms in total.